The van der Waals surface area contributed by atoms with Crippen molar-refractivity contribution < 1.29 is 0 Å². The van der Waals surface area contributed by atoms with Crippen molar-refractivity contribution in [3.63, 3.8) is 0 Å². The average molecular weight is 252 g/mol. The number of thioether (sulfide) groups is 1. The fraction of sp³-hybridized carbons (Fsp3) is 0.571. The molecule has 1 N–H and O–H groups in total. The van der Waals surface area contributed by atoms with Crippen molar-refractivity contribution in [2.75, 3.05) is 33.9 Å². The summed E-state index contributed by atoms with van der Waals surface area (Å²) in [5, 5.41) is 3.21. The summed E-state index contributed by atoms with van der Waals surface area (Å²) in [4.78, 5) is 3.64. The Balaban J connectivity index is 2.68. The monoisotopic (exact) mass is 252 g/mol. The smallest absolute Gasteiger partial charge is 0.0342 e. The van der Waals surface area contributed by atoms with Gasteiger partial charge in [-0.05, 0) is 64.5 Å². The highest BCUT2D eigenvalue weighted by Crippen LogP contribution is 2.25. The van der Waals surface area contributed by atoms with E-state index in [0.29, 0.717) is 6.04 Å². The second kappa shape index (κ2) is 7.75. The molecular weight excluding hydrogens is 228 g/mol. The van der Waals surface area contributed by atoms with E-state index in [0.717, 1.165) is 6.54 Å². The molecule has 3 heteroatoms. The number of benzene rings is 1. The van der Waals surface area contributed by atoms with Gasteiger partial charge in [-0.25, -0.2) is 0 Å². The third-order valence-electron chi connectivity index (χ3n) is 3.03. The summed E-state index contributed by atoms with van der Waals surface area (Å²) in [5.74, 6) is 0. The number of hydrogen-bond acceptors (Lipinski definition) is 3. The van der Waals surface area contributed by atoms with Crippen LogP contribution in [0.15, 0.2) is 29.2 Å². The maximum Gasteiger partial charge on any atom is 0.0342 e. The molecule has 0 saturated heterocycles. The van der Waals surface area contributed by atoms with Crippen LogP contribution in [0.4, 0.5) is 0 Å². The van der Waals surface area contributed by atoms with E-state index in [-0.39, 0.29) is 0 Å². The summed E-state index contributed by atoms with van der Waals surface area (Å²) in [6.45, 7) is 1.09. The van der Waals surface area contributed by atoms with Crippen LogP contribution in [0.25, 0.3) is 0 Å². The first-order valence-corrected chi connectivity index (χ1v) is 7.36. The van der Waals surface area contributed by atoms with Crippen LogP contribution in [0.3, 0.4) is 0 Å². The van der Waals surface area contributed by atoms with Crippen molar-refractivity contribution in [2.24, 2.45) is 0 Å². The van der Waals surface area contributed by atoms with E-state index in [1.807, 2.05) is 7.05 Å². The zero-order valence-electron chi connectivity index (χ0n) is 11.4. The van der Waals surface area contributed by atoms with Crippen LogP contribution < -0.4 is 5.32 Å². The van der Waals surface area contributed by atoms with Crippen molar-refractivity contribution in [1.82, 2.24) is 10.2 Å². The minimum Gasteiger partial charge on any atom is -0.320 e. The first kappa shape index (κ1) is 14.6. The summed E-state index contributed by atoms with van der Waals surface area (Å²) in [6, 6.07) is 9.48. The topological polar surface area (TPSA) is 15.3 Å². The summed E-state index contributed by atoms with van der Waals surface area (Å²) in [5.41, 5.74) is 1.42. The van der Waals surface area contributed by atoms with Gasteiger partial charge in [0.25, 0.3) is 0 Å². The fourth-order valence-corrected chi connectivity index (χ4v) is 2.43. The molecule has 0 aromatic heterocycles. The Bertz CT molecular complexity index is 309. The molecule has 0 bridgehead atoms. The summed E-state index contributed by atoms with van der Waals surface area (Å²) in [7, 11) is 6.33. The van der Waals surface area contributed by atoms with Gasteiger partial charge in [0.15, 0.2) is 0 Å². The van der Waals surface area contributed by atoms with E-state index in [2.05, 4.69) is 54.8 Å². The highest BCUT2D eigenvalue weighted by molar-refractivity contribution is 7.98. The molecule has 1 atom stereocenters. The van der Waals surface area contributed by atoms with E-state index in [1.54, 1.807) is 11.8 Å². The van der Waals surface area contributed by atoms with Crippen LogP contribution in [0.2, 0.25) is 0 Å². The molecule has 0 amide bonds. The summed E-state index contributed by atoms with van der Waals surface area (Å²) < 4.78 is 0. The lowest BCUT2D eigenvalue weighted by atomic mass is 10.0. The Hall–Kier alpha value is -0.510. The lowest BCUT2D eigenvalue weighted by molar-refractivity contribution is 0.279. The molecule has 0 aliphatic rings. The molecule has 0 aliphatic heterocycles. The molecule has 0 spiro atoms. The van der Waals surface area contributed by atoms with E-state index in [1.165, 1.54) is 23.3 Å². The van der Waals surface area contributed by atoms with Crippen molar-refractivity contribution in [3.05, 3.63) is 29.8 Å². The minimum atomic E-state index is 0.527. The molecular formula is C14H24N2S. The molecule has 0 saturated carbocycles. The van der Waals surface area contributed by atoms with Crippen LogP contribution >= 0.6 is 11.8 Å². The SMILES string of the molecule is CNCCCC(c1ccc(SC)cc1)N(C)C. The Kier molecular flexibility index (Phi) is 6.63. The van der Waals surface area contributed by atoms with Gasteiger partial charge in [0, 0.05) is 10.9 Å². The quantitative estimate of drug-likeness (QED) is 0.593. The molecule has 1 unspecified atom stereocenters. The molecule has 2 nitrogen and oxygen atoms in total. The van der Waals surface area contributed by atoms with Crippen molar-refractivity contribution >= 4 is 11.8 Å². The number of nitrogens with one attached hydrogen (secondary N) is 1. The predicted octanol–water partition coefficient (Wildman–Crippen LogP) is 3.01. The zero-order chi connectivity index (χ0) is 12.7. The second-order valence-electron chi connectivity index (χ2n) is 4.50. The molecule has 0 aliphatic carbocycles. The van der Waals surface area contributed by atoms with E-state index < -0.39 is 0 Å². The normalized spacial score (nSPS) is 13.0. The Morgan fingerprint density at radius 2 is 1.88 bits per heavy atom. The van der Waals surface area contributed by atoms with E-state index >= 15 is 0 Å². The van der Waals surface area contributed by atoms with Gasteiger partial charge in [0.2, 0.25) is 0 Å². The lowest BCUT2D eigenvalue weighted by Crippen LogP contribution is -2.21. The first-order valence-electron chi connectivity index (χ1n) is 6.14. The third kappa shape index (κ3) is 4.70. The lowest BCUT2D eigenvalue weighted by Gasteiger charge is -2.25. The van der Waals surface area contributed by atoms with Gasteiger partial charge in [-0.2, -0.15) is 0 Å². The van der Waals surface area contributed by atoms with Crippen molar-refractivity contribution in [3.8, 4) is 0 Å². The van der Waals surface area contributed by atoms with Crippen LogP contribution in [0, 0.1) is 0 Å². The molecule has 0 fully saturated rings. The minimum absolute atomic E-state index is 0.527. The number of nitrogens with zero attached hydrogens (tertiary/aromatic N) is 1. The highest BCUT2D eigenvalue weighted by atomic mass is 32.2. The summed E-state index contributed by atoms with van der Waals surface area (Å²) in [6.07, 6.45) is 4.53. The van der Waals surface area contributed by atoms with Crippen molar-refractivity contribution in [1.29, 1.82) is 0 Å². The molecule has 1 aromatic rings. The van der Waals surface area contributed by atoms with Crippen LogP contribution in [0.1, 0.15) is 24.4 Å². The fourth-order valence-electron chi connectivity index (χ4n) is 2.02. The predicted molar refractivity (Wildman–Crippen MR) is 77.8 cm³/mol. The van der Waals surface area contributed by atoms with Crippen LogP contribution in [0.5, 0.6) is 0 Å². The molecule has 17 heavy (non-hydrogen) atoms. The van der Waals surface area contributed by atoms with E-state index in [9.17, 15) is 0 Å². The molecule has 0 heterocycles. The molecule has 0 radical (unpaired) electrons. The van der Waals surface area contributed by atoms with E-state index in [4.69, 9.17) is 0 Å². The highest BCUT2D eigenvalue weighted by Gasteiger charge is 2.13. The Labute approximate surface area is 110 Å². The van der Waals surface area contributed by atoms with Crippen LogP contribution in [-0.2, 0) is 0 Å². The van der Waals surface area contributed by atoms with Gasteiger partial charge in [-0.3, -0.25) is 0 Å². The zero-order valence-corrected chi connectivity index (χ0v) is 12.2. The standard InChI is InChI=1S/C14H24N2S/c1-15-11-5-6-14(16(2)3)12-7-9-13(17-4)10-8-12/h7-10,14-15H,5-6,11H2,1-4H3. The maximum atomic E-state index is 3.21. The Morgan fingerprint density at radius 3 is 2.35 bits per heavy atom. The molecule has 96 valence electrons. The van der Waals surface area contributed by atoms with Gasteiger partial charge in [-0.1, -0.05) is 12.1 Å². The first-order chi connectivity index (χ1) is 8.19. The Morgan fingerprint density at radius 1 is 1.24 bits per heavy atom. The molecule has 1 rings (SSSR count). The number of hydrogen-bond donors (Lipinski definition) is 1. The average Bonchev–Trinajstić information content (AvgIpc) is 2.34. The van der Waals surface area contributed by atoms with Gasteiger partial charge in [0.05, 0.1) is 0 Å². The van der Waals surface area contributed by atoms with Crippen LogP contribution in [-0.4, -0.2) is 38.8 Å². The van der Waals surface area contributed by atoms with Gasteiger partial charge < -0.3 is 10.2 Å². The number of rotatable bonds is 7. The maximum absolute atomic E-state index is 3.21. The molecule has 1 aromatic carbocycles. The summed E-state index contributed by atoms with van der Waals surface area (Å²) >= 11 is 1.80. The van der Waals surface area contributed by atoms with Gasteiger partial charge in [-0.15, -0.1) is 11.8 Å². The van der Waals surface area contributed by atoms with Crippen molar-refractivity contribution in [2.45, 2.75) is 23.8 Å². The van der Waals surface area contributed by atoms with Gasteiger partial charge in [0.1, 0.15) is 0 Å². The van der Waals surface area contributed by atoms with Gasteiger partial charge >= 0.3 is 0 Å². The largest absolute Gasteiger partial charge is 0.320 e. The second-order valence-corrected chi connectivity index (χ2v) is 5.38. The third-order valence-corrected chi connectivity index (χ3v) is 3.77.